The number of hydrogen-bond donors (Lipinski definition) is 1. The molecule has 1 amide bonds. The number of hydroxylamine groups is 1. The molecule has 5 heteroatoms. The van der Waals surface area contributed by atoms with Gasteiger partial charge in [0.05, 0.1) is 25.4 Å². The van der Waals surface area contributed by atoms with Crippen LogP contribution in [0.2, 0.25) is 0 Å². The van der Waals surface area contributed by atoms with E-state index in [2.05, 4.69) is 11.5 Å². The van der Waals surface area contributed by atoms with Gasteiger partial charge in [0.1, 0.15) is 0 Å². The zero-order chi connectivity index (χ0) is 16.4. The molecule has 0 saturated carbocycles. The van der Waals surface area contributed by atoms with E-state index in [1.807, 2.05) is 30.3 Å². The third-order valence-corrected chi connectivity index (χ3v) is 4.21. The first-order chi connectivity index (χ1) is 11.8. The Hall–Kier alpha value is -2.37. The monoisotopic (exact) mass is 325 g/mol. The molecule has 0 bridgehead atoms. The lowest BCUT2D eigenvalue weighted by Gasteiger charge is -2.14. The normalized spacial score (nSPS) is 21.2. The molecular formula is C19H19NO4. The van der Waals surface area contributed by atoms with Gasteiger partial charge in [-0.15, -0.1) is 0 Å². The molecule has 0 aromatic heterocycles. The summed E-state index contributed by atoms with van der Waals surface area (Å²) in [7, 11) is 0. The van der Waals surface area contributed by atoms with E-state index in [1.165, 1.54) is 0 Å². The van der Waals surface area contributed by atoms with Crippen molar-refractivity contribution in [3.05, 3.63) is 65.2 Å². The number of carbonyl (C=O) groups is 1. The Balaban J connectivity index is 1.52. The molecule has 0 spiro atoms. The number of ether oxygens (including phenoxy) is 2. The largest absolute Gasteiger partial charge is 0.379 e. The summed E-state index contributed by atoms with van der Waals surface area (Å²) in [6, 6.07) is 15.0. The van der Waals surface area contributed by atoms with Crippen LogP contribution in [0.3, 0.4) is 0 Å². The molecule has 124 valence electrons. The van der Waals surface area contributed by atoms with Crippen LogP contribution in [0.5, 0.6) is 5.75 Å². The summed E-state index contributed by atoms with van der Waals surface area (Å²) in [4.78, 5) is 18.0. The van der Waals surface area contributed by atoms with Gasteiger partial charge in [-0.25, -0.2) is 0 Å². The van der Waals surface area contributed by atoms with Crippen molar-refractivity contribution < 1.29 is 19.1 Å². The second-order valence-corrected chi connectivity index (χ2v) is 6.11. The summed E-state index contributed by atoms with van der Waals surface area (Å²) in [6.45, 7) is 1.56. The van der Waals surface area contributed by atoms with Crippen molar-refractivity contribution in [2.24, 2.45) is 0 Å². The summed E-state index contributed by atoms with van der Waals surface area (Å²) in [5, 5.41) is 0. The highest BCUT2D eigenvalue weighted by atomic mass is 16.7. The molecular weight excluding hydrogens is 306 g/mol. The SMILES string of the molecule is O=C(NOc1ccccc1)c1cccc(CC2CO2)c1CC1CO1. The standard InChI is InChI=1S/C19H19NO4/c21-19(20-24-14-6-2-1-3-7-14)17-8-4-5-13(9-15-11-22-15)18(17)10-16-12-23-16/h1-8,15-16H,9-12H2,(H,20,21). The van der Waals surface area contributed by atoms with Crippen molar-refractivity contribution >= 4 is 5.91 Å². The van der Waals surface area contributed by atoms with Gasteiger partial charge in [-0.05, 0) is 29.3 Å². The third kappa shape index (κ3) is 3.75. The van der Waals surface area contributed by atoms with E-state index in [4.69, 9.17) is 14.3 Å². The van der Waals surface area contributed by atoms with E-state index in [0.29, 0.717) is 11.3 Å². The maximum atomic E-state index is 12.6. The Kier molecular flexibility index (Phi) is 4.19. The zero-order valence-corrected chi connectivity index (χ0v) is 13.2. The molecule has 2 unspecified atom stereocenters. The van der Waals surface area contributed by atoms with Crippen LogP contribution in [0.25, 0.3) is 0 Å². The van der Waals surface area contributed by atoms with Crippen LogP contribution >= 0.6 is 0 Å². The summed E-state index contributed by atoms with van der Waals surface area (Å²) < 4.78 is 10.7. The predicted molar refractivity (Wildman–Crippen MR) is 87.9 cm³/mol. The molecule has 2 aliphatic heterocycles. The average molecular weight is 325 g/mol. The highest BCUT2D eigenvalue weighted by molar-refractivity contribution is 5.95. The highest BCUT2D eigenvalue weighted by Gasteiger charge is 2.29. The minimum Gasteiger partial charge on any atom is -0.379 e. The maximum Gasteiger partial charge on any atom is 0.284 e. The van der Waals surface area contributed by atoms with Crippen LogP contribution in [-0.2, 0) is 22.3 Å². The lowest BCUT2D eigenvalue weighted by molar-refractivity contribution is 0.0758. The zero-order valence-electron chi connectivity index (χ0n) is 13.2. The number of para-hydroxylation sites is 1. The quantitative estimate of drug-likeness (QED) is 0.627. The van der Waals surface area contributed by atoms with E-state index in [1.54, 1.807) is 12.1 Å². The second-order valence-electron chi connectivity index (χ2n) is 6.11. The van der Waals surface area contributed by atoms with Crippen LogP contribution < -0.4 is 10.3 Å². The minimum absolute atomic E-state index is 0.216. The van der Waals surface area contributed by atoms with E-state index in [-0.39, 0.29) is 18.1 Å². The van der Waals surface area contributed by atoms with Crippen molar-refractivity contribution in [3.63, 3.8) is 0 Å². The number of carbonyl (C=O) groups excluding carboxylic acids is 1. The molecule has 5 nitrogen and oxygen atoms in total. The van der Waals surface area contributed by atoms with Crippen molar-refractivity contribution in [1.29, 1.82) is 0 Å². The van der Waals surface area contributed by atoms with Crippen LogP contribution in [0.1, 0.15) is 21.5 Å². The van der Waals surface area contributed by atoms with Crippen LogP contribution in [0, 0.1) is 0 Å². The molecule has 2 aromatic carbocycles. The number of benzene rings is 2. The van der Waals surface area contributed by atoms with Gasteiger partial charge in [-0.2, -0.15) is 5.48 Å². The minimum atomic E-state index is -0.243. The van der Waals surface area contributed by atoms with E-state index in [0.717, 1.165) is 37.2 Å². The molecule has 2 fully saturated rings. The van der Waals surface area contributed by atoms with E-state index in [9.17, 15) is 4.79 Å². The maximum absolute atomic E-state index is 12.6. The fourth-order valence-electron chi connectivity index (χ4n) is 2.77. The van der Waals surface area contributed by atoms with Gasteiger partial charge in [0.15, 0.2) is 5.75 Å². The number of hydrogen-bond acceptors (Lipinski definition) is 4. The van der Waals surface area contributed by atoms with Crippen molar-refractivity contribution in [2.45, 2.75) is 25.0 Å². The molecule has 24 heavy (non-hydrogen) atoms. The number of epoxide rings is 2. The Morgan fingerprint density at radius 1 is 1.00 bits per heavy atom. The van der Waals surface area contributed by atoms with E-state index < -0.39 is 0 Å². The van der Waals surface area contributed by atoms with E-state index >= 15 is 0 Å². The van der Waals surface area contributed by atoms with Crippen molar-refractivity contribution in [1.82, 2.24) is 5.48 Å². The highest BCUT2D eigenvalue weighted by Crippen LogP contribution is 2.26. The fraction of sp³-hybridized carbons (Fsp3) is 0.316. The molecule has 2 heterocycles. The van der Waals surface area contributed by atoms with Crippen LogP contribution in [0.15, 0.2) is 48.5 Å². The molecule has 1 N–H and O–H groups in total. The van der Waals surface area contributed by atoms with Gasteiger partial charge in [-0.3, -0.25) is 4.79 Å². The van der Waals surface area contributed by atoms with Gasteiger partial charge in [0.25, 0.3) is 5.91 Å². The van der Waals surface area contributed by atoms with Crippen molar-refractivity contribution in [2.75, 3.05) is 13.2 Å². The van der Waals surface area contributed by atoms with Gasteiger partial charge in [-0.1, -0.05) is 30.3 Å². The molecule has 2 aliphatic rings. The van der Waals surface area contributed by atoms with Gasteiger partial charge >= 0.3 is 0 Å². The number of amides is 1. The Labute approximate surface area is 140 Å². The smallest absolute Gasteiger partial charge is 0.284 e. The second kappa shape index (κ2) is 6.63. The third-order valence-electron chi connectivity index (χ3n) is 4.21. The molecule has 2 aromatic rings. The van der Waals surface area contributed by atoms with Crippen LogP contribution in [0.4, 0.5) is 0 Å². The number of rotatable bonds is 7. The summed E-state index contributed by atoms with van der Waals surface area (Å²) >= 11 is 0. The average Bonchev–Trinajstić information content (AvgIpc) is 3.51. The van der Waals surface area contributed by atoms with Gasteiger partial charge in [0, 0.05) is 18.4 Å². The first-order valence-electron chi connectivity index (χ1n) is 8.16. The lowest BCUT2D eigenvalue weighted by Crippen LogP contribution is -2.28. The fourth-order valence-corrected chi connectivity index (χ4v) is 2.77. The molecule has 0 radical (unpaired) electrons. The van der Waals surface area contributed by atoms with Gasteiger partial charge in [0.2, 0.25) is 0 Å². The lowest BCUT2D eigenvalue weighted by atomic mass is 9.94. The summed E-state index contributed by atoms with van der Waals surface area (Å²) in [5.74, 6) is 0.355. The van der Waals surface area contributed by atoms with Crippen molar-refractivity contribution in [3.8, 4) is 5.75 Å². The van der Waals surface area contributed by atoms with Crippen LogP contribution in [-0.4, -0.2) is 31.3 Å². The van der Waals surface area contributed by atoms with Gasteiger partial charge < -0.3 is 14.3 Å². The molecule has 2 saturated heterocycles. The summed E-state index contributed by atoms with van der Waals surface area (Å²) in [5.41, 5.74) is 5.36. The first kappa shape index (κ1) is 15.2. The Morgan fingerprint density at radius 2 is 1.71 bits per heavy atom. The Morgan fingerprint density at radius 3 is 2.42 bits per heavy atom. The molecule has 4 rings (SSSR count). The molecule has 2 atom stereocenters. The first-order valence-corrected chi connectivity index (χ1v) is 8.16. The molecule has 0 aliphatic carbocycles. The Bertz CT molecular complexity index is 723. The predicted octanol–water partition coefficient (Wildman–Crippen LogP) is 2.29. The topological polar surface area (TPSA) is 63.4 Å². The summed E-state index contributed by atoms with van der Waals surface area (Å²) in [6.07, 6.45) is 2.08. The number of nitrogens with one attached hydrogen (secondary N) is 1.